The van der Waals surface area contributed by atoms with Gasteiger partial charge in [-0.15, -0.1) is 0 Å². The molecule has 1 aliphatic carbocycles. The molecule has 7 heteroatoms. The zero-order chi connectivity index (χ0) is 17.2. The van der Waals surface area contributed by atoms with Gasteiger partial charge in [-0.1, -0.05) is 0 Å². The fourth-order valence-electron chi connectivity index (χ4n) is 2.51. The summed E-state index contributed by atoms with van der Waals surface area (Å²) in [4.78, 5) is 13.1. The molecule has 3 heterocycles. The summed E-state index contributed by atoms with van der Waals surface area (Å²) in [6.07, 6.45) is 6.23. The van der Waals surface area contributed by atoms with E-state index >= 15 is 0 Å². The topological polar surface area (TPSA) is 70.0 Å². The highest BCUT2D eigenvalue weighted by Crippen LogP contribution is 2.40. The van der Waals surface area contributed by atoms with Crippen LogP contribution in [0.4, 0.5) is 0 Å². The van der Waals surface area contributed by atoms with E-state index in [9.17, 15) is 0 Å². The lowest BCUT2D eigenvalue weighted by Gasteiger charge is -2.08. The van der Waals surface area contributed by atoms with Crippen molar-refractivity contribution >= 4 is 17.1 Å². The Labute approximate surface area is 149 Å². The van der Waals surface area contributed by atoms with Crippen LogP contribution in [-0.2, 0) is 0 Å². The number of pyridine rings is 1. The van der Waals surface area contributed by atoms with Gasteiger partial charge in [-0.25, -0.2) is 9.36 Å². The van der Waals surface area contributed by atoms with Crippen LogP contribution in [-0.4, -0.2) is 33.0 Å². The van der Waals surface area contributed by atoms with Gasteiger partial charge in [-0.3, -0.25) is 4.98 Å². The van der Waals surface area contributed by atoms with Gasteiger partial charge in [0.05, 0.1) is 24.6 Å². The Bertz CT molecular complexity index is 921. The average molecular weight is 352 g/mol. The number of hydrogen-bond donors (Lipinski definition) is 0. The Hall–Kier alpha value is -2.80. The first kappa shape index (κ1) is 15.7. The van der Waals surface area contributed by atoms with Gasteiger partial charge in [0.15, 0.2) is 0 Å². The molecule has 0 N–H and O–H groups in total. The van der Waals surface area contributed by atoms with Gasteiger partial charge >= 0.3 is 0 Å². The highest BCUT2D eigenvalue weighted by molar-refractivity contribution is 7.03. The van der Waals surface area contributed by atoms with Crippen LogP contribution in [0, 0.1) is 6.92 Å². The van der Waals surface area contributed by atoms with Crippen LogP contribution in [0.15, 0.2) is 41.7 Å². The number of methoxy groups -OCH3 is 1. The summed E-state index contributed by atoms with van der Waals surface area (Å²) in [5.74, 6) is 2.03. The lowest BCUT2D eigenvalue weighted by atomic mass is 10.2. The van der Waals surface area contributed by atoms with Crippen molar-refractivity contribution < 1.29 is 9.47 Å². The summed E-state index contributed by atoms with van der Waals surface area (Å²) < 4.78 is 15.3. The molecule has 126 valence electrons. The molecule has 0 aliphatic heterocycles. The van der Waals surface area contributed by atoms with Crippen molar-refractivity contribution in [3.8, 4) is 22.8 Å². The number of nitrogens with zero attached hydrogens (tertiary/aromatic N) is 4. The molecular weight excluding hydrogens is 336 g/mol. The molecule has 0 bridgehead atoms. The van der Waals surface area contributed by atoms with E-state index in [0.29, 0.717) is 18.3 Å². The minimum Gasteiger partial charge on any atom is -0.495 e. The van der Waals surface area contributed by atoms with Crippen LogP contribution in [0.5, 0.6) is 11.6 Å². The summed E-state index contributed by atoms with van der Waals surface area (Å²) in [5, 5.41) is 1.96. The molecule has 3 aromatic heterocycles. The maximum Gasteiger partial charge on any atom is 0.225 e. The first-order valence-electron chi connectivity index (χ1n) is 7.82. The highest BCUT2D eigenvalue weighted by atomic mass is 32.1. The number of hydrogen-bond acceptors (Lipinski definition) is 7. The summed E-state index contributed by atoms with van der Waals surface area (Å²) in [6, 6.07) is 3.89. The quantitative estimate of drug-likeness (QED) is 0.676. The smallest absolute Gasteiger partial charge is 0.225 e. The number of rotatable bonds is 6. The zero-order valence-electron chi connectivity index (χ0n) is 13.9. The Balaban J connectivity index is 1.50. The average Bonchev–Trinajstić information content (AvgIpc) is 3.21. The zero-order valence-corrected chi connectivity index (χ0v) is 14.7. The monoisotopic (exact) mass is 352 g/mol. The molecule has 4 rings (SSSR count). The molecular formula is C18H16N4O2S. The second-order valence-electron chi connectivity index (χ2n) is 5.68. The van der Waals surface area contributed by atoms with Gasteiger partial charge in [0, 0.05) is 23.3 Å². The second kappa shape index (κ2) is 6.60. The van der Waals surface area contributed by atoms with Crippen molar-refractivity contribution in [3.63, 3.8) is 0 Å². The first-order chi connectivity index (χ1) is 12.2. The first-order valence-corrected chi connectivity index (χ1v) is 8.66. The van der Waals surface area contributed by atoms with Gasteiger partial charge in [-0.05, 0) is 48.2 Å². The van der Waals surface area contributed by atoms with Crippen LogP contribution in [0.2, 0.25) is 0 Å². The van der Waals surface area contributed by atoms with Crippen molar-refractivity contribution in [2.45, 2.75) is 13.3 Å². The largest absolute Gasteiger partial charge is 0.495 e. The minimum absolute atomic E-state index is 0.504. The van der Waals surface area contributed by atoms with Crippen LogP contribution >= 0.6 is 11.5 Å². The summed E-state index contributed by atoms with van der Waals surface area (Å²) in [6.45, 7) is 2.36. The molecule has 1 aliphatic rings. The third-order valence-corrected chi connectivity index (χ3v) is 4.56. The maximum atomic E-state index is 5.98. The van der Waals surface area contributed by atoms with Gasteiger partial charge in [-0.2, -0.15) is 4.98 Å². The van der Waals surface area contributed by atoms with Gasteiger partial charge in [0.2, 0.25) is 5.88 Å². The maximum absolute atomic E-state index is 5.98. The molecule has 0 aromatic carbocycles. The standard InChI is InChI=1S/C18H16N4O2S/c1-11-19-8-16(13-6-21-25-10-13)18(22-11)24-9-12-5-15(12)17-4-3-14(23-2)7-20-17/h3-4,6-8,10H,5,9H2,1-2H3. The third-order valence-electron chi connectivity index (χ3n) is 3.97. The molecule has 0 atom stereocenters. The van der Waals surface area contributed by atoms with Crippen molar-refractivity contribution in [1.29, 1.82) is 0 Å². The number of aryl methyl sites for hydroxylation is 1. The lowest BCUT2D eigenvalue weighted by Crippen LogP contribution is -2.01. The highest BCUT2D eigenvalue weighted by Gasteiger charge is 2.25. The predicted molar refractivity (Wildman–Crippen MR) is 95.7 cm³/mol. The summed E-state index contributed by atoms with van der Waals surface area (Å²) >= 11 is 1.40. The summed E-state index contributed by atoms with van der Waals surface area (Å²) in [5.41, 5.74) is 5.28. The Kier molecular flexibility index (Phi) is 4.15. The van der Waals surface area contributed by atoms with Crippen LogP contribution in [0.3, 0.4) is 0 Å². The molecule has 3 aromatic rings. The van der Waals surface area contributed by atoms with Gasteiger partial charge < -0.3 is 9.47 Å². The van der Waals surface area contributed by atoms with E-state index in [2.05, 4.69) is 19.3 Å². The minimum atomic E-state index is 0.504. The van der Waals surface area contributed by atoms with Gasteiger partial charge in [0.1, 0.15) is 18.2 Å². The molecule has 0 spiro atoms. The van der Waals surface area contributed by atoms with Crippen molar-refractivity contribution in [1.82, 2.24) is 19.3 Å². The fraction of sp³-hybridized carbons (Fsp3) is 0.222. The number of ether oxygens (including phenoxy) is 2. The van der Waals surface area contributed by atoms with Crippen LogP contribution < -0.4 is 9.47 Å². The third kappa shape index (κ3) is 3.36. The van der Waals surface area contributed by atoms with Gasteiger partial charge in [0.25, 0.3) is 0 Å². The normalized spacial score (nSPS) is 13.0. The summed E-state index contributed by atoms with van der Waals surface area (Å²) in [7, 11) is 1.64. The van der Waals surface area contributed by atoms with E-state index in [1.807, 2.05) is 24.4 Å². The molecule has 6 nitrogen and oxygen atoms in total. The van der Waals surface area contributed by atoms with E-state index in [0.717, 1.165) is 29.0 Å². The van der Waals surface area contributed by atoms with E-state index in [1.54, 1.807) is 25.7 Å². The van der Waals surface area contributed by atoms with E-state index in [4.69, 9.17) is 9.47 Å². The molecule has 25 heavy (non-hydrogen) atoms. The molecule has 0 saturated heterocycles. The van der Waals surface area contributed by atoms with Crippen LogP contribution in [0.25, 0.3) is 16.7 Å². The van der Waals surface area contributed by atoms with Crippen molar-refractivity contribution in [2.24, 2.45) is 0 Å². The number of aromatic nitrogens is 4. The molecule has 0 fully saturated rings. The molecule has 0 saturated carbocycles. The molecule has 0 unspecified atom stereocenters. The Morgan fingerprint density at radius 1 is 1.16 bits per heavy atom. The molecule has 0 amide bonds. The lowest BCUT2D eigenvalue weighted by molar-refractivity contribution is 0.342. The van der Waals surface area contributed by atoms with Crippen molar-refractivity contribution in [3.05, 3.63) is 53.2 Å². The number of allylic oxidation sites excluding steroid dienone is 1. The second-order valence-corrected chi connectivity index (χ2v) is 6.34. The SMILES string of the molecule is COc1ccc(C2=C(COc3nc(C)ncc3-c3cnsc3)C2)nc1. The Morgan fingerprint density at radius 2 is 2.08 bits per heavy atom. The van der Waals surface area contributed by atoms with E-state index in [1.165, 1.54) is 22.7 Å². The fourth-order valence-corrected chi connectivity index (χ4v) is 3.05. The Morgan fingerprint density at radius 3 is 2.80 bits per heavy atom. The van der Waals surface area contributed by atoms with Crippen molar-refractivity contribution in [2.75, 3.05) is 13.7 Å². The van der Waals surface area contributed by atoms with Crippen LogP contribution in [0.1, 0.15) is 17.9 Å². The predicted octanol–water partition coefficient (Wildman–Crippen LogP) is 3.55. The van der Waals surface area contributed by atoms with E-state index in [-0.39, 0.29) is 0 Å². The van der Waals surface area contributed by atoms with E-state index < -0.39 is 0 Å². The molecule has 0 radical (unpaired) electrons.